The van der Waals surface area contributed by atoms with Gasteiger partial charge in [0.2, 0.25) is 0 Å². The first-order chi connectivity index (χ1) is 8.91. The Balaban J connectivity index is 2.47. The van der Waals surface area contributed by atoms with E-state index in [-0.39, 0.29) is 0 Å². The summed E-state index contributed by atoms with van der Waals surface area (Å²) in [6.45, 7) is 6.33. The van der Waals surface area contributed by atoms with Crippen LogP contribution in [0.1, 0.15) is 38.4 Å². The third kappa shape index (κ3) is 5.70. The fourth-order valence-corrected chi connectivity index (χ4v) is 2.30. The van der Waals surface area contributed by atoms with Gasteiger partial charge in [0.25, 0.3) is 0 Å². The van der Waals surface area contributed by atoms with Crippen LogP contribution in [-0.2, 0) is 0 Å². The Morgan fingerprint density at radius 3 is 2.42 bits per heavy atom. The molecule has 0 aliphatic heterocycles. The van der Waals surface area contributed by atoms with Crippen molar-refractivity contribution in [1.82, 2.24) is 4.90 Å². The highest BCUT2D eigenvalue weighted by Gasteiger charge is 2.14. The molecule has 0 spiro atoms. The monoisotopic (exact) mass is 303 g/mol. The molecule has 0 radical (unpaired) electrons. The molecule has 0 saturated heterocycles. The maximum atomic E-state index is 10.2. The van der Waals surface area contributed by atoms with Crippen LogP contribution in [0.15, 0.2) is 18.2 Å². The minimum absolute atomic E-state index is 0.460. The van der Waals surface area contributed by atoms with Gasteiger partial charge in [-0.2, -0.15) is 0 Å². The Morgan fingerprint density at radius 1 is 1.16 bits per heavy atom. The quantitative estimate of drug-likeness (QED) is 0.807. The third-order valence-electron chi connectivity index (χ3n) is 3.21. The Bertz CT molecular complexity index is 396. The molecular weight excluding hydrogens is 281 g/mol. The van der Waals surface area contributed by atoms with Crippen LogP contribution in [0.3, 0.4) is 0 Å². The number of hydrogen-bond donors (Lipinski definition) is 1. The molecule has 0 bridgehead atoms. The number of rotatable bonds is 7. The third-order valence-corrected chi connectivity index (χ3v) is 4.05. The Labute approximate surface area is 126 Å². The van der Waals surface area contributed by atoms with E-state index in [1.165, 1.54) is 6.42 Å². The van der Waals surface area contributed by atoms with Gasteiger partial charge in [0, 0.05) is 12.1 Å². The van der Waals surface area contributed by atoms with Crippen LogP contribution in [0.25, 0.3) is 0 Å². The van der Waals surface area contributed by atoms with E-state index >= 15 is 0 Å². The molecule has 0 heterocycles. The van der Waals surface area contributed by atoms with Gasteiger partial charge >= 0.3 is 0 Å². The van der Waals surface area contributed by atoms with E-state index in [2.05, 4.69) is 25.8 Å². The van der Waals surface area contributed by atoms with Gasteiger partial charge in [0.05, 0.1) is 16.1 Å². The van der Waals surface area contributed by atoms with Crippen molar-refractivity contribution in [3.63, 3.8) is 0 Å². The van der Waals surface area contributed by atoms with Crippen molar-refractivity contribution >= 4 is 23.2 Å². The van der Waals surface area contributed by atoms with Crippen molar-refractivity contribution in [2.45, 2.75) is 32.8 Å². The summed E-state index contributed by atoms with van der Waals surface area (Å²) in [5.41, 5.74) is 0.714. The van der Waals surface area contributed by atoms with Gasteiger partial charge in [0.15, 0.2) is 0 Å². The van der Waals surface area contributed by atoms with Crippen molar-refractivity contribution in [3.8, 4) is 0 Å². The summed E-state index contributed by atoms with van der Waals surface area (Å²) in [6.07, 6.45) is 1.27. The van der Waals surface area contributed by atoms with Crippen molar-refractivity contribution in [2.24, 2.45) is 5.92 Å². The van der Waals surface area contributed by atoms with Crippen molar-refractivity contribution in [3.05, 3.63) is 33.8 Å². The predicted molar refractivity (Wildman–Crippen MR) is 83.0 cm³/mol. The molecule has 0 amide bonds. The summed E-state index contributed by atoms with van der Waals surface area (Å²) in [5.74, 6) is 0.703. The lowest BCUT2D eigenvalue weighted by molar-refractivity contribution is 0.148. The van der Waals surface area contributed by atoms with E-state index < -0.39 is 6.10 Å². The maximum Gasteiger partial charge on any atom is 0.0817 e. The zero-order valence-electron chi connectivity index (χ0n) is 11.9. The molecule has 1 N–H and O–H groups in total. The number of halogens is 2. The largest absolute Gasteiger partial charge is 0.388 e. The first kappa shape index (κ1) is 16.8. The maximum absolute atomic E-state index is 10.2. The molecule has 0 aliphatic rings. The van der Waals surface area contributed by atoms with Crippen LogP contribution >= 0.6 is 23.2 Å². The standard InChI is InChI=1S/C15H23Cl2NO/c1-11(2)7-9-18(3)10-8-14(19)12-5-4-6-13(16)15(12)17/h4-6,11,14,19H,7-10H2,1-3H3. The molecular formula is C15H23Cl2NO. The molecule has 0 fully saturated rings. The second-order valence-electron chi connectivity index (χ2n) is 5.43. The summed E-state index contributed by atoms with van der Waals surface area (Å²) >= 11 is 12.1. The lowest BCUT2D eigenvalue weighted by Gasteiger charge is -2.20. The lowest BCUT2D eigenvalue weighted by Crippen LogP contribution is -2.23. The summed E-state index contributed by atoms with van der Waals surface area (Å²) in [7, 11) is 2.08. The second kappa shape index (κ2) is 8.11. The van der Waals surface area contributed by atoms with Gasteiger partial charge in [-0.3, -0.25) is 0 Å². The molecule has 1 unspecified atom stereocenters. The van der Waals surface area contributed by atoms with E-state index in [1.807, 2.05) is 12.1 Å². The summed E-state index contributed by atoms with van der Waals surface area (Å²) < 4.78 is 0. The predicted octanol–water partition coefficient (Wildman–Crippen LogP) is 4.39. The Morgan fingerprint density at radius 2 is 1.79 bits per heavy atom. The van der Waals surface area contributed by atoms with E-state index in [0.717, 1.165) is 13.1 Å². The molecule has 1 aromatic rings. The molecule has 1 aromatic carbocycles. The van der Waals surface area contributed by atoms with Gasteiger partial charge in [-0.05, 0) is 38.4 Å². The van der Waals surface area contributed by atoms with Gasteiger partial charge in [-0.25, -0.2) is 0 Å². The van der Waals surface area contributed by atoms with Gasteiger partial charge in [0.1, 0.15) is 0 Å². The fourth-order valence-electron chi connectivity index (χ4n) is 1.87. The molecule has 2 nitrogen and oxygen atoms in total. The lowest BCUT2D eigenvalue weighted by atomic mass is 10.1. The molecule has 0 aromatic heterocycles. The zero-order chi connectivity index (χ0) is 14.4. The highest BCUT2D eigenvalue weighted by molar-refractivity contribution is 6.42. The van der Waals surface area contributed by atoms with E-state index in [0.29, 0.717) is 27.9 Å². The van der Waals surface area contributed by atoms with Crippen molar-refractivity contribution < 1.29 is 5.11 Å². The second-order valence-corrected chi connectivity index (χ2v) is 6.22. The van der Waals surface area contributed by atoms with Crippen molar-refractivity contribution in [1.29, 1.82) is 0 Å². The van der Waals surface area contributed by atoms with E-state index in [4.69, 9.17) is 23.2 Å². The first-order valence-electron chi connectivity index (χ1n) is 6.72. The van der Waals surface area contributed by atoms with E-state index in [9.17, 15) is 5.11 Å². The molecule has 108 valence electrons. The van der Waals surface area contributed by atoms with Crippen LogP contribution < -0.4 is 0 Å². The first-order valence-corrected chi connectivity index (χ1v) is 7.48. The smallest absolute Gasteiger partial charge is 0.0817 e. The van der Waals surface area contributed by atoms with E-state index in [1.54, 1.807) is 6.07 Å². The molecule has 1 atom stereocenters. The average molecular weight is 304 g/mol. The van der Waals surface area contributed by atoms with Gasteiger partial charge in [-0.1, -0.05) is 49.2 Å². The number of benzene rings is 1. The Hall–Kier alpha value is -0.280. The number of aliphatic hydroxyl groups excluding tert-OH is 1. The van der Waals surface area contributed by atoms with Crippen LogP contribution in [0, 0.1) is 5.92 Å². The summed E-state index contributed by atoms with van der Waals surface area (Å²) in [6, 6.07) is 5.37. The SMILES string of the molecule is CC(C)CCN(C)CCC(O)c1cccc(Cl)c1Cl. The van der Waals surface area contributed by atoms with Crippen LogP contribution in [-0.4, -0.2) is 30.1 Å². The molecule has 1 rings (SSSR count). The molecule has 0 saturated carbocycles. The van der Waals surface area contributed by atoms with Crippen LogP contribution in [0.2, 0.25) is 10.0 Å². The van der Waals surface area contributed by atoms with Crippen LogP contribution in [0.4, 0.5) is 0 Å². The fraction of sp³-hybridized carbons (Fsp3) is 0.600. The zero-order valence-corrected chi connectivity index (χ0v) is 13.4. The average Bonchev–Trinajstić information content (AvgIpc) is 2.36. The molecule has 0 aliphatic carbocycles. The number of aliphatic hydroxyl groups is 1. The normalized spacial score (nSPS) is 13.3. The minimum atomic E-state index is -0.562. The highest BCUT2D eigenvalue weighted by Crippen LogP contribution is 2.31. The Kier molecular flexibility index (Phi) is 7.16. The molecule has 19 heavy (non-hydrogen) atoms. The summed E-state index contributed by atoms with van der Waals surface area (Å²) in [4.78, 5) is 2.24. The summed E-state index contributed by atoms with van der Waals surface area (Å²) in [5, 5.41) is 11.1. The topological polar surface area (TPSA) is 23.5 Å². The number of nitrogens with zero attached hydrogens (tertiary/aromatic N) is 1. The van der Waals surface area contributed by atoms with Gasteiger partial charge < -0.3 is 10.0 Å². The van der Waals surface area contributed by atoms with Crippen molar-refractivity contribution in [2.75, 3.05) is 20.1 Å². The van der Waals surface area contributed by atoms with Gasteiger partial charge in [-0.15, -0.1) is 0 Å². The van der Waals surface area contributed by atoms with Crippen LogP contribution in [0.5, 0.6) is 0 Å². The molecule has 4 heteroatoms. The minimum Gasteiger partial charge on any atom is -0.388 e. The highest BCUT2D eigenvalue weighted by atomic mass is 35.5. The number of hydrogen-bond acceptors (Lipinski definition) is 2.